The number of carbonyl (C=O) groups is 3. The van der Waals surface area contributed by atoms with Gasteiger partial charge in [0.05, 0.1) is 0 Å². The predicted octanol–water partition coefficient (Wildman–Crippen LogP) is 3.65. The summed E-state index contributed by atoms with van der Waals surface area (Å²) in [5.74, 6) is -2.01. The van der Waals surface area contributed by atoms with Crippen LogP contribution in [-0.4, -0.2) is 29.0 Å². The lowest BCUT2D eigenvalue weighted by molar-refractivity contribution is -0.129. The number of hydrazine groups is 1. The van der Waals surface area contributed by atoms with E-state index in [1.54, 1.807) is 36.4 Å². The molecule has 160 valence electrons. The Balaban J connectivity index is 2.07. The number of benzene rings is 2. The van der Waals surface area contributed by atoms with Crippen LogP contribution in [0.25, 0.3) is 0 Å². The SMILES string of the molecule is CC(OC(=O)c1cc(C(C)C)cc(C(C)C)c1O)C(=O)NNC(=O)c1ccccc1. The number of aromatic hydroxyl groups is 1. The third-order valence-corrected chi connectivity index (χ3v) is 4.66. The predicted molar refractivity (Wildman–Crippen MR) is 113 cm³/mol. The van der Waals surface area contributed by atoms with Crippen LogP contribution in [0, 0.1) is 0 Å². The molecule has 7 heteroatoms. The molecule has 2 aromatic carbocycles. The zero-order valence-electron chi connectivity index (χ0n) is 17.9. The Bertz CT molecular complexity index is 923. The van der Waals surface area contributed by atoms with Crippen molar-refractivity contribution < 1.29 is 24.2 Å². The van der Waals surface area contributed by atoms with Gasteiger partial charge < -0.3 is 9.84 Å². The second-order valence-electron chi connectivity index (χ2n) is 7.67. The Morgan fingerprint density at radius 1 is 0.900 bits per heavy atom. The molecule has 0 heterocycles. The van der Waals surface area contributed by atoms with Gasteiger partial charge in [-0.15, -0.1) is 0 Å². The second kappa shape index (κ2) is 9.91. The van der Waals surface area contributed by atoms with Crippen LogP contribution in [-0.2, 0) is 9.53 Å². The van der Waals surface area contributed by atoms with E-state index < -0.39 is 23.9 Å². The van der Waals surface area contributed by atoms with Gasteiger partial charge in [-0.3, -0.25) is 20.4 Å². The number of esters is 1. The van der Waals surface area contributed by atoms with E-state index in [9.17, 15) is 19.5 Å². The van der Waals surface area contributed by atoms with Gasteiger partial charge in [0.1, 0.15) is 11.3 Å². The second-order valence-corrected chi connectivity index (χ2v) is 7.67. The van der Waals surface area contributed by atoms with Crippen LogP contribution < -0.4 is 10.9 Å². The van der Waals surface area contributed by atoms with Gasteiger partial charge >= 0.3 is 5.97 Å². The van der Waals surface area contributed by atoms with Crippen molar-refractivity contribution in [3.8, 4) is 5.75 Å². The lowest BCUT2D eigenvalue weighted by Crippen LogP contribution is -2.46. The van der Waals surface area contributed by atoms with Gasteiger partial charge in [-0.05, 0) is 48.1 Å². The van der Waals surface area contributed by atoms with E-state index in [1.165, 1.54) is 6.92 Å². The fraction of sp³-hybridized carbons (Fsp3) is 0.348. The van der Waals surface area contributed by atoms with Gasteiger partial charge in [-0.1, -0.05) is 52.0 Å². The topological polar surface area (TPSA) is 105 Å². The van der Waals surface area contributed by atoms with Crippen LogP contribution in [0.3, 0.4) is 0 Å². The molecule has 0 aliphatic carbocycles. The van der Waals surface area contributed by atoms with Gasteiger partial charge in [0, 0.05) is 5.56 Å². The van der Waals surface area contributed by atoms with E-state index in [1.807, 2.05) is 33.8 Å². The summed E-state index contributed by atoms with van der Waals surface area (Å²) in [5.41, 5.74) is 6.42. The highest BCUT2D eigenvalue weighted by atomic mass is 16.5. The molecule has 0 aliphatic heterocycles. The normalized spacial score (nSPS) is 11.8. The van der Waals surface area contributed by atoms with Crippen LogP contribution >= 0.6 is 0 Å². The third kappa shape index (κ3) is 5.59. The average Bonchev–Trinajstić information content (AvgIpc) is 2.71. The first-order valence-electron chi connectivity index (χ1n) is 9.84. The first-order valence-corrected chi connectivity index (χ1v) is 9.84. The summed E-state index contributed by atoms with van der Waals surface area (Å²) in [7, 11) is 0. The summed E-state index contributed by atoms with van der Waals surface area (Å²) < 4.78 is 5.22. The highest BCUT2D eigenvalue weighted by Crippen LogP contribution is 2.33. The maximum Gasteiger partial charge on any atom is 0.342 e. The highest BCUT2D eigenvalue weighted by molar-refractivity contribution is 5.97. The number of phenols is 1. The van der Waals surface area contributed by atoms with Crippen molar-refractivity contribution in [2.75, 3.05) is 0 Å². The van der Waals surface area contributed by atoms with Crippen molar-refractivity contribution in [3.63, 3.8) is 0 Å². The average molecular weight is 412 g/mol. The summed E-state index contributed by atoms with van der Waals surface area (Å²) >= 11 is 0. The standard InChI is InChI=1S/C23H28N2O5/c1-13(2)17-11-18(14(3)4)20(26)19(12-17)23(29)30-15(5)21(27)24-25-22(28)16-9-7-6-8-10-16/h6-15,26H,1-5H3,(H,24,27)(H,25,28). The molecule has 1 unspecified atom stereocenters. The van der Waals surface area contributed by atoms with Crippen LogP contribution in [0.4, 0.5) is 0 Å². The molecule has 2 rings (SSSR count). The number of nitrogens with one attached hydrogen (secondary N) is 2. The molecular formula is C23H28N2O5. The van der Waals surface area contributed by atoms with Gasteiger partial charge in [0.2, 0.25) is 0 Å². The lowest BCUT2D eigenvalue weighted by Gasteiger charge is -2.18. The minimum absolute atomic E-state index is 0.00386. The molecule has 0 saturated heterocycles. The maximum atomic E-state index is 12.6. The molecule has 7 nitrogen and oxygen atoms in total. The molecule has 2 aromatic rings. The van der Waals surface area contributed by atoms with Crippen LogP contribution in [0.2, 0.25) is 0 Å². The van der Waals surface area contributed by atoms with E-state index in [-0.39, 0.29) is 23.1 Å². The van der Waals surface area contributed by atoms with E-state index >= 15 is 0 Å². The van der Waals surface area contributed by atoms with Gasteiger partial charge in [-0.2, -0.15) is 0 Å². The Labute approximate surface area is 176 Å². The molecule has 0 aliphatic rings. The van der Waals surface area contributed by atoms with Crippen LogP contribution in [0.5, 0.6) is 5.75 Å². The van der Waals surface area contributed by atoms with Gasteiger partial charge in [-0.25, -0.2) is 4.79 Å². The third-order valence-electron chi connectivity index (χ3n) is 4.66. The monoisotopic (exact) mass is 412 g/mol. The molecule has 0 aromatic heterocycles. The summed E-state index contributed by atoms with van der Waals surface area (Å²) in [6.45, 7) is 9.18. The van der Waals surface area contributed by atoms with Crippen LogP contribution in [0.1, 0.15) is 78.3 Å². The largest absolute Gasteiger partial charge is 0.507 e. The van der Waals surface area contributed by atoms with Crippen molar-refractivity contribution in [1.29, 1.82) is 0 Å². The highest BCUT2D eigenvalue weighted by Gasteiger charge is 2.24. The zero-order chi connectivity index (χ0) is 22.4. The number of phenolic OH excluding ortho intramolecular Hbond substituents is 1. The molecule has 0 bridgehead atoms. The van der Waals surface area contributed by atoms with Crippen molar-refractivity contribution in [3.05, 3.63) is 64.7 Å². The smallest absolute Gasteiger partial charge is 0.342 e. The Morgan fingerprint density at radius 3 is 2.10 bits per heavy atom. The fourth-order valence-corrected chi connectivity index (χ4v) is 2.77. The van der Waals surface area contributed by atoms with E-state index in [2.05, 4.69) is 10.9 Å². The van der Waals surface area contributed by atoms with Crippen molar-refractivity contribution >= 4 is 17.8 Å². The number of amides is 2. The summed E-state index contributed by atoms with van der Waals surface area (Å²) in [5, 5.41) is 10.5. The number of ether oxygens (including phenoxy) is 1. The quantitative estimate of drug-likeness (QED) is 0.496. The first-order chi connectivity index (χ1) is 14.1. The van der Waals surface area contributed by atoms with Crippen molar-refractivity contribution in [1.82, 2.24) is 10.9 Å². The number of carbonyl (C=O) groups excluding carboxylic acids is 3. The molecule has 0 fully saturated rings. The number of rotatable bonds is 6. The molecule has 3 N–H and O–H groups in total. The van der Waals surface area contributed by atoms with Gasteiger partial charge in [0.25, 0.3) is 11.8 Å². The molecule has 2 amide bonds. The Morgan fingerprint density at radius 2 is 1.53 bits per heavy atom. The minimum atomic E-state index is -1.18. The van der Waals surface area contributed by atoms with Crippen molar-refractivity contribution in [2.24, 2.45) is 0 Å². The maximum absolute atomic E-state index is 12.6. The summed E-state index contributed by atoms with van der Waals surface area (Å²) in [4.78, 5) is 36.9. The molecule has 0 saturated carbocycles. The van der Waals surface area contributed by atoms with E-state index in [0.717, 1.165) is 5.56 Å². The van der Waals surface area contributed by atoms with Crippen LogP contribution in [0.15, 0.2) is 42.5 Å². The number of hydrogen-bond acceptors (Lipinski definition) is 5. The Kier molecular flexibility index (Phi) is 7.58. The van der Waals surface area contributed by atoms with Crippen molar-refractivity contribution in [2.45, 2.75) is 52.6 Å². The zero-order valence-corrected chi connectivity index (χ0v) is 17.9. The number of hydrogen-bond donors (Lipinski definition) is 3. The summed E-state index contributed by atoms with van der Waals surface area (Å²) in [6, 6.07) is 11.8. The van der Waals surface area contributed by atoms with E-state index in [4.69, 9.17) is 4.74 Å². The molecular weight excluding hydrogens is 384 g/mol. The molecule has 0 spiro atoms. The van der Waals surface area contributed by atoms with Gasteiger partial charge in [0.15, 0.2) is 6.10 Å². The summed E-state index contributed by atoms with van der Waals surface area (Å²) in [6.07, 6.45) is -1.18. The molecule has 0 radical (unpaired) electrons. The molecule has 30 heavy (non-hydrogen) atoms. The van der Waals surface area contributed by atoms with E-state index in [0.29, 0.717) is 11.1 Å². The first kappa shape index (κ1) is 22.9. The Hall–Kier alpha value is -3.35. The lowest BCUT2D eigenvalue weighted by atomic mass is 9.92. The molecule has 1 atom stereocenters. The minimum Gasteiger partial charge on any atom is -0.507 e. The fourth-order valence-electron chi connectivity index (χ4n) is 2.77.